The molecule has 0 unspecified atom stereocenters. The van der Waals surface area contributed by atoms with Gasteiger partial charge in [0, 0.05) is 18.7 Å². The van der Waals surface area contributed by atoms with Crippen molar-refractivity contribution in [3.8, 4) is 17.5 Å². The molecule has 1 aliphatic heterocycles. The van der Waals surface area contributed by atoms with Gasteiger partial charge in [0.15, 0.2) is 0 Å². The molecule has 0 radical (unpaired) electrons. The molecule has 1 saturated carbocycles. The third-order valence-corrected chi connectivity index (χ3v) is 6.25. The van der Waals surface area contributed by atoms with E-state index >= 15 is 0 Å². The van der Waals surface area contributed by atoms with E-state index in [2.05, 4.69) is 21.5 Å². The molecule has 1 aromatic carbocycles. The summed E-state index contributed by atoms with van der Waals surface area (Å²) in [5, 5.41) is 22.0. The minimum Gasteiger partial charge on any atom is -0.489 e. The van der Waals surface area contributed by atoms with Crippen molar-refractivity contribution in [2.24, 2.45) is 0 Å². The van der Waals surface area contributed by atoms with Crippen molar-refractivity contribution in [1.29, 1.82) is 5.26 Å². The maximum absolute atomic E-state index is 12.3. The van der Waals surface area contributed by atoms with Crippen LogP contribution in [0.1, 0.15) is 49.9 Å². The van der Waals surface area contributed by atoms with Gasteiger partial charge in [0.25, 0.3) is 0 Å². The molecule has 33 heavy (non-hydrogen) atoms. The van der Waals surface area contributed by atoms with Gasteiger partial charge in [0.1, 0.15) is 29.7 Å². The topological polar surface area (TPSA) is 111 Å². The normalized spacial score (nSPS) is 17.4. The van der Waals surface area contributed by atoms with Gasteiger partial charge in [-0.25, -0.2) is 9.48 Å². The second-order valence-electron chi connectivity index (χ2n) is 8.74. The predicted molar refractivity (Wildman–Crippen MR) is 117 cm³/mol. The van der Waals surface area contributed by atoms with E-state index in [9.17, 15) is 10.1 Å². The maximum atomic E-state index is 12.3. The lowest BCUT2D eigenvalue weighted by molar-refractivity contribution is 0.0489. The molecule has 170 valence electrons. The standard InChI is InChI=1S/C23H25N7O3/c1-23(8-9-23)33-22(31)28-11-6-19(7-12-28)30-21(14-24)17(15-26-30)16-32-20-4-2-18(3-5-20)29-13-10-25-27-29/h2-5,10,13,15,19H,6-9,11-12,16H2,1H3. The van der Waals surface area contributed by atoms with Gasteiger partial charge in [-0.3, -0.25) is 4.68 Å². The Kier molecular flexibility index (Phi) is 5.46. The van der Waals surface area contributed by atoms with Crippen LogP contribution in [-0.4, -0.2) is 54.5 Å². The third kappa shape index (κ3) is 4.53. The highest BCUT2D eigenvalue weighted by molar-refractivity contribution is 5.68. The van der Waals surface area contributed by atoms with E-state index in [4.69, 9.17) is 9.47 Å². The highest BCUT2D eigenvalue weighted by Gasteiger charge is 2.43. The molecule has 1 amide bonds. The number of benzene rings is 1. The van der Waals surface area contributed by atoms with Crippen LogP contribution in [0.15, 0.2) is 42.9 Å². The van der Waals surface area contributed by atoms with Crippen molar-refractivity contribution in [3.63, 3.8) is 0 Å². The Balaban J connectivity index is 1.18. The molecule has 0 atom stereocenters. The zero-order valence-electron chi connectivity index (χ0n) is 18.4. The number of hydrogen-bond donors (Lipinski definition) is 0. The van der Waals surface area contributed by atoms with Gasteiger partial charge < -0.3 is 14.4 Å². The van der Waals surface area contributed by atoms with Gasteiger partial charge in [-0.1, -0.05) is 5.21 Å². The molecule has 0 N–H and O–H groups in total. The zero-order valence-corrected chi connectivity index (χ0v) is 18.4. The highest BCUT2D eigenvalue weighted by atomic mass is 16.6. The number of amides is 1. The molecule has 2 fully saturated rings. The van der Waals surface area contributed by atoms with Crippen LogP contribution in [0.3, 0.4) is 0 Å². The summed E-state index contributed by atoms with van der Waals surface area (Å²) in [6, 6.07) is 9.82. The van der Waals surface area contributed by atoms with E-state index in [1.165, 1.54) is 0 Å². The van der Waals surface area contributed by atoms with E-state index in [0.29, 0.717) is 24.5 Å². The van der Waals surface area contributed by atoms with Crippen LogP contribution < -0.4 is 4.74 Å². The Bertz CT molecular complexity index is 1150. The van der Waals surface area contributed by atoms with Crippen LogP contribution >= 0.6 is 0 Å². The lowest BCUT2D eigenvalue weighted by Gasteiger charge is -2.32. The number of hydrogen-bond acceptors (Lipinski definition) is 7. The van der Waals surface area contributed by atoms with Crippen molar-refractivity contribution in [1.82, 2.24) is 29.7 Å². The van der Waals surface area contributed by atoms with E-state index in [1.807, 2.05) is 31.2 Å². The number of rotatable bonds is 6. The van der Waals surface area contributed by atoms with Crippen molar-refractivity contribution in [3.05, 3.63) is 54.1 Å². The SMILES string of the molecule is CC1(OC(=O)N2CCC(n3ncc(COc4ccc(-n5ccnn5)cc4)c3C#N)CC2)CC1. The molecule has 10 heteroatoms. The lowest BCUT2D eigenvalue weighted by Crippen LogP contribution is -2.41. The quantitative estimate of drug-likeness (QED) is 0.570. The predicted octanol–water partition coefficient (Wildman–Crippen LogP) is 3.24. The van der Waals surface area contributed by atoms with Crippen LogP contribution in [0.2, 0.25) is 0 Å². The minimum absolute atomic E-state index is 0.0657. The van der Waals surface area contributed by atoms with Crippen LogP contribution in [0, 0.1) is 11.3 Å². The third-order valence-electron chi connectivity index (χ3n) is 6.25. The monoisotopic (exact) mass is 447 g/mol. The summed E-state index contributed by atoms with van der Waals surface area (Å²) in [7, 11) is 0. The first-order valence-corrected chi connectivity index (χ1v) is 11.1. The van der Waals surface area contributed by atoms with Crippen LogP contribution in [0.5, 0.6) is 5.75 Å². The molecule has 5 rings (SSSR count). The summed E-state index contributed by atoms with van der Waals surface area (Å²) in [5.74, 6) is 0.687. The first-order valence-electron chi connectivity index (χ1n) is 11.1. The Morgan fingerprint density at radius 2 is 2.00 bits per heavy atom. The first kappa shape index (κ1) is 21.0. The average Bonchev–Trinajstić information content (AvgIpc) is 3.23. The summed E-state index contributed by atoms with van der Waals surface area (Å²) in [6.45, 7) is 3.40. The Morgan fingerprint density at radius 1 is 1.24 bits per heavy atom. The molecule has 2 aliphatic rings. The number of likely N-dealkylation sites (tertiary alicyclic amines) is 1. The van der Waals surface area contributed by atoms with E-state index in [1.54, 1.807) is 32.9 Å². The first-order chi connectivity index (χ1) is 16.0. The Morgan fingerprint density at radius 3 is 2.64 bits per heavy atom. The molecule has 0 spiro atoms. The Labute approximate surface area is 191 Å². The summed E-state index contributed by atoms with van der Waals surface area (Å²) in [5.41, 5.74) is 1.85. The molecule has 1 aliphatic carbocycles. The van der Waals surface area contributed by atoms with E-state index in [-0.39, 0.29) is 24.3 Å². The van der Waals surface area contributed by atoms with Crippen molar-refractivity contribution >= 4 is 6.09 Å². The van der Waals surface area contributed by atoms with E-state index < -0.39 is 0 Å². The number of nitrogens with zero attached hydrogens (tertiary/aromatic N) is 7. The van der Waals surface area contributed by atoms with Crippen molar-refractivity contribution in [2.45, 2.75) is 50.9 Å². The van der Waals surface area contributed by atoms with Gasteiger partial charge >= 0.3 is 6.09 Å². The van der Waals surface area contributed by atoms with Gasteiger partial charge in [-0.15, -0.1) is 5.10 Å². The number of carbonyl (C=O) groups is 1. The molecule has 1 saturated heterocycles. The summed E-state index contributed by atoms with van der Waals surface area (Å²) in [6.07, 6.45) is 8.17. The number of piperidine rings is 1. The van der Waals surface area contributed by atoms with Crippen LogP contribution in [0.4, 0.5) is 4.79 Å². The summed E-state index contributed by atoms with van der Waals surface area (Å²) < 4.78 is 14.9. The molecular formula is C23H25N7O3. The zero-order chi connectivity index (χ0) is 22.8. The smallest absolute Gasteiger partial charge is 0.410 e. The average molecular weight is 447 g/mol. The highest BCUT2D eigenvalue weighted by Crippen LogP contribution is 2.39. The Hall–Kier alpha value is -3.87. The van der Waals surface area contributed by atoms with Gasteiger partial charge in [-0.2, -0.15) is 10.4 Å². The molecule has 3 aromatic rings. The molecule has 0 bridgehead atoms. The van der Waals surface area contributed by atoms with Crippen molar-refractivity contribution < 1.29 is 14.3 Å². The lowest BCUT2D eigenvalue weighted by atomic mass is 10.1. The minimum atomic E-state index is -0.268. The fourth-order valence-electron chi connectivity index (χ4n) is 3.95. The number of nitriles is 1. The molecular weight excluding hydrogens is 422 g/mol. The number of carbonyl (C=O) groups excluding carboxylic acids is 1. The number of aromatic nitrogens is 5. The maximum Gasteiger partial charge on any atom is 0.410 e. The van der Waals surface area contributed by atoms with Gasteiger partial charge in [0.2, 0.25) is 0 Å². The largest absolute Gasteiger partial charge is 0.489 e. The summed E-state index contributed by atoms with van der Waals surface area (Å²) >= 11 is 0. The second-order valence-corrected chi connectivity index (χ2v) is 8.74. The molecule has 2 aromatic heterocycles. The van der Waals surface area contributed by atoms with Crippen molar-refractivity contribution in [2.75, 3.05) is 13.1 Å². The fraction of sp³-hybridized carbons (Fsp3) is 0.435. The second kappa shape index (κ2) is 8.58. The number of ether oxygens (including phenoxy) is 2. The fourth-order valence-corrected chi connectivity index (χ4v) is 3.95. The van der Waals surface area contributed by atoms with Crippen LogP contribution in [0.25, 0.3) is 5.69 Å². The van der Waals surface area contributed by atoms with Gasteiger partial charge in [0.05, 0.1) is 30.3 Å². The van der Waals surface area contributed by atoms with Gasteiger partial charge in [-0.05, 0) is 56.9 Å². The van der Waals surface area contributed by atoms with E-state index in [0.717, 1.165) is 36.9 Å². The molecule has 3 heterocycles. The summed E-state index contributed by atoms with van der Waals surface area (Å²) in [4.78, 5) is 14.1. The molecule has 10 nitrogen and oxygen atoms in total. The van der Waals surface area contributed by atoms with Crippen LogP contribution in [-0.2, 0) is 11.3 Å².